The average Bonchev–Trinajstić information content (AvgIpc) is 3.22. The van der Waals surface area contributed by atoms with Gasteiger partial charge in [0, 0.05) is 11.6 Å². The quantitative estimate of drug-likeness (QED) is 0.790. The monoisotopic (exact) mass is 423 g/mol. The maximum atomic E-state index is 11.9. The highest BCUT2D eigenvalue weighted by molar-refractivity contribution is 8.01. The molecule has 1 saturated heterocycles. The molecular weight excluding hydrogens is 398 g/mol. The molecule has 2 aromatic rings. The highest BCUT2D eigenvalue weighted by Gasteiger charge is 2.38. The Morgan fingerprint density at radius 3 is 2.43 bits per heavy atom. The summed E-state index contributed by atoms with van der Waals surface area (Å²) in [6.45, 7) is 0. The molecule has 152 valence electrons. The second-order valence-electron chi connectivity index (χ2n) is 7.50. The molecule has 7 nitrogen and oxygen atoms in total. The van der Waals surface area contributed by atoms with E-state index in [0.717, 1.165) is 42.8 Å². The van der Waals surface area contributed by atoms with Crippen LogP contribution in [0.25, 0.3) is 11.4 Å². The summed E-state index contributed by atoms with van der Waals surface area (Å²) < 4.78 is 31.2. The molecule has 1 aromatic carbocycles. The van der Waals surface area contributed by atoms with Gasteiger partial charge in [-0.25, -0.2) is 8.42 Å². The molecule has 0 spiro atoms. The Hall–Kier alpha value is -1.58. The molecule has 0 amide bonds. The molecule has 0 bridgehead atoms. The molecular formula is C19H25N3O4S2. The van der Waals surface area contributed by atoms with Crippen LogP contribution < -0.4 is 4.74 Å². The smallest absolute Gasteiger partial charge is 0.192 e. The molecule has 2 heterocycles. The number of sulfone groups is 1. The van der Waals surface area contributed by atoms with E-state index in [1.807, 2.05) is 24.3 Å². The van der Waals surface area contributed by atoms with Crippen LogP contribution in [0.2, 0.25) is 0 Å². The van der Waals surface area contributed by atoms with Crippen LogP contribution in [0.5, 0.6) is 5.75 Å². The Morgan fingerprint density at radius 2 is 1.82 bits per heavy atom. The number of rotatable bonds is 5. The number of aliphatic hydroxyl groups is 1. The number of hydrogen-bond acceptors (Lipinski definition) is 7. The first-order valence-corrected chi connectivity index (χ1v) is 12.3. The molecule has 0 radical (unpaired) electrons. The van der Waals surface area contributed by atoms with Crippen molar-refractivity contribution in [3.63, 3.8) is 0 Å². The van der Waals surface area contributed by atoms with Crippen molar-refractivity contribution < 1.29 is 18.3 Å². The van der Waals surface area contributed by atoms with Crippen molar-refractivity contribution in [3.8, 4) is 17.1 Å². The van der Waals surface area contributed by atoms with Crippen LogP contribution in [0.4, 0.5) is 0 Å². The zero-order valence-electron chi connectivity index (χ0n) is 15.8. The fourth-order valence-electron chi connectivity index (χ4n) is 4.01. The summed E-state index contributed by atoms with van der Waals surface area (Å²) in [6, 6.07) is 8.01. The maximum absolute atomic E-state index is 11.9. The topological polar surface area (TPSA) is 94.3 Å². The van der Waals surface area contributed by atoms with E-state index in [0.29, 0.717) is 11.2 Å². The van der Waals surface area contributed by atoms with E-state index >= 15 is 0 Å². The third-order valence-electron chi connectivity index (χ3n) is 5.48. The molecule has 2 aliphatic rings. The Morgan fingerprint density at radius 1 is 1.11 bits per heavy atom. The van der Waals surface area contributed by atoms with Crippen molar-refractivity contribution in [2.75, 3.05) is 18.6 Å². The predicted molar refractivity (Wildman–Crippen MR) is 108 cm³/mol. The first-order chi connectivity index (χ1) is 13.5. The van der Waals surface area contributed by atoms with Gasteiger partial charge in [-0.1, -0.05) is 31.0 Å². The zero-order chi connectivity index (χ0) is 19.7. The fraction of sp³-hybridized carbons (Fsp3) is 0.579. The molecule has 2 atom stereocenters. The molecule has 9 heteroatoms. The van der Waals surface area contributed by atoms with Gasteiger partial charge in [0.2, 0.25) is 0 Å². The Balaban J connectivity index is 1.68. The maximum Gasteiger partial charge on any atom is 0.192 e. The van der Waals surface area contributed by atoms with Gasteiger partial charge in [0.15, 0.2) is 20.8 Å². The first kappa shape index (κ1) is 19.7. The number of hydrogen-bond donors (Lipinski definition) is 1. The van der Waals surface area contributed by atoms with Crippen LogP contribution in [-0.2, 0) is 9.84 Å². The van der Waals surface area contributed by atoms with Crippen molar-refractivity contribution in [3.05, 3.63) is 24.3 Å². The van der Waals surface area contributed by atoms with Gasteiger partial charge in [0.05, 0.1) is 30.0 Å². The second-order valence-corrected chi connectivity index (χ2v) is 10.9. The minimum absolute atomic E-state index is 0.0196. The number of ether oxygens (including phenoxy) is 1. The van der Waals surface area contributed by atoms with E-state index < -0.39 is 21.2 Å². The summed E-state index contributed by atoms with van der Waals surface area (Å²) in [5.41, 5.74) is 0.949. The van der Waals surface area contributed by atoms with Gasteiger partial charge in [0.1, 0.15) is 5.75 Å². The van der Waals surface area contributed by atoms with Gasteiger partial charge >= 0.3 is 0 Å². The molecule has 0 unspecified atom stereocenters. The molecule has 2 fully saturated rings. The highest BCUT2D eigenvalue weighted by atomic mass is 32.2. The van der Waals surface area contributed by atoms with E-state index in [9.17, 15) is 13.5 Å². The Labute approximate surface area is 169 Å². The highest BCUT2D eigenvalue weighted by Crippen LogP contribution is 2.38. The van der Waals surface area contributed by atoms with Crippen molar-refractivity contribution in [2.45, 2.75) is 54.7 Å². The lowest BCUT2D eigenvalue weighted by atomic mass is 9.95. The molecule has 1 aliphatic heterocycles. The summed E-state index contributed by atoms with van der Waals surface area (Å²) in [7, 11) is -1.56. The van der Waals surface area contributed by atoms with Gasteiger partial charge in [-0.05, 0) is 37.1 Å². The van der Waals surface area contributed by atoms with Crippen LogP contribution in [0.3, 0.4) is 0 Å². The lowest BCUT2D eigenvalue weighted by molar-refractivity contribution is 0.207. The molecule has 1 N–H and O–H groups in total. The SMILES string of the molecule is COc1ccc(-c2nnc(S[C@H]3CS(=O)(=O)C[C@@H]3O)n2C2CCCCC2)cc1. The van der Waals surface area contributed by atoms with Crippen LogP contribution in [0.15, 0.2) is 29.4 Å². The van der Waals surface area contributed by atoms with E-state index in [1.54, 1.807) is 7.11 Å². The minimum Gasteiger partial charge on any atom is -0.497 e. The number of thioether (sulfide) groups is 1. The van der Waals surface area contributed by atoms with Crippen molar-refractivity contribution in [1.82, 2.24) is 14.8 Å². The average molecular weight is 424 g/mol. The summed E-state index contributed by atoms with van der Waals surface area (Å²) in [5, 5.41) is 19.3. The first-order valence-electron chi connectivity index (χ1n) is 9.61. The Kier molecular flexibility index (Phi) is 5.66. The Bertz CT molecular complexity index is 921. The number of methoxy groups -OCH3 is 1. The molecule has 1 saturated carbocycles. The number of aliphatic hydroxyl groups excluding tert-OH is 1. The van der Waals surface area contributed by atoms with E-state index in [4.69, 9.17) is 4.74 Å². The van der Waals surface area contributed by atoms with Crippen LogP contribution in [0, 0.1) is 0 Å². The molecule has 1 aliphatic carbocycles. The van der Waals surface area contributed by atoms with Gasteiger partial charge in [-0.15, -0.1) is 10.2 Å². The van der Waals surface area contributed by atoms with Gasteiger partial charge in [-0.2, -0.15) is 0 Å². The summed E-state index contributed by atoms with van der Waals surface area (Å²) in [4.78, 5) is 0. The van der Waals surface area contributed by atoms with Crippen molar-refractivity contribution in [1.29, 1.82) is 0 Å². The van der Waals surface area contributed by atoms with E-state index in [1.165, 1.54) is 18.2 Å². The molecule has 28 heavy (non-hydrogen) atoms. The van der Waals surface area contributed by atoms with Crippen molar-refractivity contribution in [2.24, 2.45) is 0 Å². The standard InChI is InChI=1S/C19H25N3O4S2/c1-26-15-9-7-13(8-10-15)18-20-21-19(22(18)14-5-3-2-4-6-14)27-17-12-28(24,25)11-16(17)23/h7-10,14,16-17,23H,2-6,11-12H2,1H3/t16-,17-/m0/s1. The van der Waals surface area contributed by atoms with Crippen LogP contribution in [0.1, 0.15) is 38.1 Å². The van der Waals surface area contributed by atoms with E-state index in [-0.39, 0.29) is 11.5 Å². The third kappa shape index (κ3) is 4.06. The third-order valence-corrected chi connectivity index (χ3v) is 8.68. The van der Waals surface area contributed by atoms with Gasteiger partial charge in [-0.3, -0.25) is 4.57 Å². The largest absolute Gasteiger partial charge is 0.497 e. The number of benzene rings is 1. The summed E-state index contributed by atoms with van der Waals surface area (Å²) in [6.07, 6.45) is 4.81. The van der Waals surface area contributed by atoms with Crippen LogP contribution >= 0.6 is 11.8 Å². The lowest BCUT2D eigenvalue weighted by Gasteiger charge is -2.26. The number of aromatic nitrogens is 3. The fourth-order valence-corrected chi connectivity index (χ4v) is 7.60. The molecule has 1 aromatic heterocycles. The van der Waals surface area contributed by atoms with Crippen molar-refractivity contribution >= 4 is 21.6 Å². The summed E-state index contributed by atoms with van der Waals surface area (Å²) >= 11 is 1.34. The summed E-state index contributed by atoms with van der Waals surface area (Å²) in [5.74, 6) is 1.37. The molecule has 4 rings (SSSR count). The number of nitrogens with zero attached hydrogens (tertiary/aromatic N) is 3. The lowest BCUT2D eigenvalue weighted by Crippen LogP contribution is -2.22. The zero-order valence-corrected chi connectivity index (χ0v) is 17.5. The van der Waals surface area contributed by atoms with E-state index in [2.05, 4.69) is 14.8 Å². The second kappa shape index (κ2) is 8.04. The van der Waals surface area contributed by atoms with Gasteiger partial charge < -0.3 is 9.84 Å². The minimum atomic E-state index is -3.20. The normalized spacial score (nSPS) is 25.1. The van der Waals surface area contributed by atoms with Crippen LogP contribution in [-0.4, -0.2) is 58.3 Å². The predicted octanol–water partition coefficient (Wildman–Crippen LogP) is 2.71. The van der Waals surface area contributed by atoms with Gasteiger partial charge in [0.25, 0.3) is 0 Å².